The number of rotatable bonds is 3. The van der Waals surface area contributed by atoms with Gasteiger partial charge in [-0.05, 0) is 18.2 Å². The van der Waals surface area contributed by atoms with Crippen LogP contribution in [-0.4, -0.2) is 15.0 Å². The third-order valence-electron chi connectivity index (χ3n) is 3.87. The molecule has 0 aliphatic rings. The molecular weight excluding hydrogens is 410 g/mol. The lowest BCUT2D eigenvalue weighted by atomic mass is 10.1. The van der Waals surface area contributed by atoms with Crippen molar-refractivity contribution in [2.75, 3.05) is 0 Å². The number of nitrogens with zero attached hydrogens (tertiary/aromatic N) is 3. The second-order valence-corrected chi connectivity index (χ2v) is 6.99. The highest BCUT2D eigenvalue weighted by atomic mass is 79.9. The second kappa shape index (κ2) is 7.36. The molecule has 0 bridgehead atoms. The van der Waals surface area contributed by atoms with Gasteiger partial charge >= 0.3 is 0 Å². The van der Waals surface area contributed by atoms with Crippen molar-refractivity contribution in [3.8, 4) is 34.2 Å². The van der Waals surface area contributed by atoms with Gasteiger partial charge < -0.3 is 0 Å². The molecule has 5 heteroatoms. The summed E-state index contributed by atoms with van der Waals surface area (Å²) in [4.78, 5) is 14.0. The summed E-state index contributed by atoms with van der Waals surface area (Å²) in [6, 6.07) is 25.4. The minimum atomic E-state index is 0.545. The van der Waals surface area contributed by atoms with E-state index in [4.69, 9.17) is 11.6 Å². The number of hydrogen-bond donors (Lipinski definition) is 0. The fourth-order valence-corrected chi connectivity index (χ4v) is 3.16. The van der Waals surface area contributed by atoms with E-state index in [-0.39, 0.29) is 0 Å². The maximum atomic E-state index is 6.41. The molecule has 126 valence electrons. The van der Waals surface area contributed by atoms with E-state index < -0.39 is 0 Å². The maximum Gasteiger partial charge on any atom is 0.165 e. The summed E-state index contributed by atoms with van der Waals surface area (Å²) in [7, 11) is 0. The smallest absolute Gasteiger partial charge is 0.165 e. The van der Waals surface area contributed by atoms with E-state index in [2.05, 4.69) is 30.9 Å². The van der Waals surface area contributed by atoms with Crippen LogP contribution in [0.3, 0.4) is 0 Å². The zero-order valence-electron chi connectivity index (χ0n) is 13.6. The summed E-state index contributed by atoms with van der Waals surface area (Å²) in [5.74, 6) is 1.78. The third-order valence-corrected chi connectivity index (χ3v) is 4.69. The van der Waals surface area contributed by atoms with Crippen molar-refractivity contribution in [2.45, 2.75) is 0 Å². The van der Waals surface area contributed by atoms with Gasteiger partial charge in [0.1, 0.15) is 0 Å². The molecule has 3 nitrogen and oxygen atoms in total. The summed E-state index contributed by atoms with van der Waals surface area (Å²) >= 11 is 9.90. The summed E-state index contributed by atoms with van der Waals surface area (Å²) in [6.45, 7) is 0. The standard InChI is InChI=1S/C21H13BrClN3/c22-16-11-12-18(23)17(13-16)21-25-19(14-7-3-1-4-8-14)24-20(26-21)15-9-5-2-6-10-15/h1-13H. The maximum absolute atomic E-state index is 6.41. The van der Waals surface area contributed by atoms with E-state index in [0.717, 1.165) is 21.2 Å². The Morgan fingerprint density at radius 2 is 1.12 bits per heavy atom. The molecule has 0 radical (unpaired) electrons. The largest absolute Gasteiger partial charge is 0.208 e. The van der Waals surface area contributed by atoms with Crippen molar-refractivity contribution in [3.63, 3.8) is 0 Å². The van der Waals surface area contributed by atoms with E-state index in [1.807, 2.05) is 78.9 Å². The molecule has 0 N–H and O–H groups in total. The number of halogens is 2. The Kier molecular flexibility index (Phi) is 4.78. The lowest BCUT2D eigenvalue weighted by Gasteiger charge is -2.09. The van der Waals surface area contributed by atoms with Crippen LogP contribution in [0.1, 0.15) is 0 Å². The normalized spacial score (nSPS) is 10.7. The Labute approximate surface area is 164 Å². The van der Waals surface area contributed by atoms with Crippen LogP contribution in [0.5, 0.6) is 0 Å². The van der Waals surface area contributed by atoms with Gasteiger partial charge in [-0.3, -0.25) is 0 Å². The van der Waals surface area contributed by atoms with Crippen LogP contribution in [0, 0.1) is 0 Å². The van der Waals surface area contributed by atoms with Crippen molar-refractivity contribution < 1.29 is 0 Å². The minimum absolute atomic E-state index is 0.545. The Bertz CT molecular complexity index is 996. The van der Waals surface area contributed by atoms with Gasteiger partial charge in [0.2, 0.25) is 0 Å². The molecule has 0 fully saturated rings. The van der Waals surface area contributed by atoms with Gasteiger partial charge in [0.15, 0.2) is 17.5 Å². The zero-order valence-corrected chi connectivity index (χ0v) is 15.9. The summed E-state index contributed by atoms with van der Waals surface area (Å²) in [5.41, 5.74) is 2.62. The van der Waals surface area contributed by atoms with E-state index in [0.29, 0.717) is 22.5 Å². The number of benzene rings is 3. The van der Waals surface area contributed by atoms with Crippen molar-refractivity contribution in [1.82, 2.24) is 15.0 Å². The van der Waals surface area contributed by atoms with Gasteiger partial charge in [-0.1, -0.05) is 88.2 Å². The van der Waals surface area contributed by atoms with Crippen LogP contribution in [0.4, 0.5) is 0 Å². The molecule has 4 aromatic rings. The van der Waals surface area contributed by atoms with Crippen LogP contribution in [0.25, 0.3) is 34.2 Å². The molecule has 0 aliphatic heterocycles. The Morgan fingerprint density at radius 3 is 1.65 bits per heavy atom. The number of hydrogen-bond acceptors (Lipinski definition) is 3. The van der Waals surface area contributed by atoms with Crippen LogP contribution >= 0.6 is 27.5 Å². The van der Waals surface area contributed by atoms with Crippen LogP contribution in [0.2, 0.25) is 5.02 Å². The molecule has 0 saturated heterocycles. The van der Waals surface area contributed by atoms with Gasteiger partial charge in [0.25, 0.3) is 0 Å². The first-order valence-corrected chi connectivity index (χ1v) is 9.20. The monoisotopic (exact) mass is 421 g/mol. The Morgan fingerprint density at radius 1 is 0.615 bits per heavy atom. The highest BCUT2D eigenvalue weighted by Gasteiger charge is 2.14. The van der Waals surface area contributed by atoms with Crippen molar-refractivity contribution in [2.24, 2.45) is 0 Å². The first-order valence-electron chi connectivity index (χ1n) is 8.03. The fourth-order valence-electron chi connectivity index (χ4n) is 2.60. The summed E-state index contributed by atoms with van der Waals surface area (Å²) < 4.78 is 0.917. The topological polar surface area (TPSA) is 38.7 Å². The van der Waals surface area contributed by atoms with E-state index in [1.165, 1.54) is 0 Å². The van der Waals surface area contributed by atoms with Crippen molar-refractivity contribution in [1.29, 1.82) is 0 Å². The lowest BCUT2D eigenvalue weighted by molar-refractivity contribution is 1.07. The SMILES string of the molecule is Clc1ccc(Br)cc1-c1nc(-c2ccccc2)nc(-c2ccccc2)n1. The van der Waals surface area contributed by atoms with Gasteiger partial charge in [0.05, 0.1) is 5.02 Å². The number of aromatic nitrogens is 3. The van der Waals surface area contributed by atoms with Gasteiger partial charge in [-0.2, -0.15) is 0 Å². The molecule has 0 spiro atoms. The minimum Gasteiger partial charge on any atom is -0.208 e. The molecule has 0 amide bonds. The lowest BCUT2D eigenvalue weighted by Crippen LogP contribution is -2.00. The molecule has 0 aliphatic carbocycles. The summed E-state index contributed by atoms with van der Waals surface area (Å²) in [5, 5.41) is 0.595. The highest BCUT2D eigenvalue weighted by Crippen LogP contribution is 2.31. The molecule has 3 aromatic carbocycles. The predicted octanol–water partition coefficient (Wildman–Crippen LogP) is 6.29. The molecule has 0 atom stereocenters. The third kappa shape index (κ3) is 3.52. The predicted molar refractivity (Wildman–Crippen MR) is 109 cm³/mol. The molecule has 0 saturated carbocycles. The average Bonchev–Trinajstić information content (AvgIpc) is 2.71. The molecule has 26 heavy (non-hydrogen) atoms. The fraction of sp³-hybridized carbons (Fsp3) is 0. The molecular formula is C21H13BrClN3. The quantitative estimate of drug-likeness (QED) is 0.389. The van der Waals surface area contributed by atoms with Crippen LogP contribution in [-0.2, 0) is 0 Å². The average molecular weight is 423 g/mol. The van der Waals surface area contributed by atoms with Crippen molar-refractivity contribution in [3.05, 3.63) is 88.4 Å². The summed E-state index contributed by atoms with van der Waals surface area (Å²) in [6.07, 6.45) is 0. The molecule has 1 heterocycles. The molecule has 4 rings (SSSR count). The van der Waals surface area contributed by atoms with E-state index in [9.17, 15) is 0 Å². The van der Waals surface area contributed by atoms with Crippen molar-refractivity contribution >= 4 is 27.5 Å². The first kappa shape index (κ1) is 16.9. The molecule has 0 unspecified atom stereocenters. The van der Waals surface area contributed by atoms with Crippen LogP contribution < -0.4 is 0 Å². The molecule has 1 aromatic heterocycles. The van der Waals surface area contributed by atoms with E-state index in [1.54, 1.807) is 0 Å². The van der Waals surface area contributed by atoms with Crippen LogP contribution in [0.15, 0.2) is 83.3 Å². The zero-order chi connectivity index (χ0) is 17.9. The Balaban J connectivity index is 1.95. The van der Waals surface area contributed by atoms with Gasteiger partial charge in [-0.25, -0.2) is 15.0 Å². The Hall–Kier alpha value is -2.56. The second-order valence-electron chi connectivity index (χ2n) is 5.66. The highest BCUT2D eigenvalue weighted by molar-refractivity contribution is 9.10. The van der Waals surface area contributed by atoms with Gasteiger partial charge in [0, 0.05) is 21.2 Å². The van der Waals surface area contributed by atoms with Gasteiger partial charge in [-0.15, -0.1) is 0 Å². The first-order chi connectivity index (χ1) is 12.7. The van der Waals surface area contributed by atoms with E-state index >= 15 is 0 Å².